The number of nitrogens with zero attached hydrogens (tertiary/aromatic N) is 1. The molecule has 4 nitrogen and oxygen atoms in total. The topological polar surface area (TPSA) is 65.1 Å². The maximum Gasteiger partial charge on any atom is 0.251 e. The van der Waals surface area contributed by atoms with Gasteiger partial charge in [-0.15, -0.1) is 0 Å². The first-order chi connectivity index (χ1) is 11.0. The summed E-state index contributed by atoms with van der Waals surface area (Å²) >= 11 is 5.87. The average molecular weight is 327 g/mol. The predicted octanol–water partition coefficient (Wildman–Crippen LogP) is 3.58. The lowest BCUT2D eigenvalue weighted by Crippen LogP contribution is -2.17. The second kappa shape index (κ2) is 5.89. The number of hydrogen-bond acceptors (Lipinski definition) is 2. The van der Waals surface area contributed by atoms with Crippen molar-refractivity contribution in [2.75, 3.05) is 0 Å². The van der Waals surface area contributed by atoms with Gasteiger partial charge < -0.3 is 5.73 Å². The van der Waals surface area contributed by atoms with Crippen molar-refractivity contribution in [1.82, 2.24) is 4.57 Å². The van der Waals surface area contributed by atoms with E-state index in [0.29, 0.717) is 27.2 Å². The molecular weight excluding hydrogens is 312 g/mol. The van der Waals surface area contributed by atoms with Gasteiger partial charge in [0.05, 0.1) is 17.5 Å². The molecule has 0 aliphatic heterocycles. The van der Waals surface area contributed by atoms with Gasteiger partial charge >= 0.3 is 0 Å². The van der Waals surface area contributed by atoms with Crippen molar-refractivity contribution < 1.29 is 9.59 Å². The zero-order chi connectivity index (χ0) is 16.6. The molecule has 116 valence electrons. The summed E-state index contributed by atoms with van der Waals surface area (Å²) in [4.78, 5) is 24.5. The minimum atomic E-state index is -0.531. The molecule has 0 unspecified atom stereocenters. The zero-order valence-corrected chi connectivity index (χ0v) is 13.3. The van der Waals surface area contributed by atoms with E-state index in [-0.39, 0.29) is 12.3 Å². The molecule has 0 bridgehead atoms. The fourth-order valence-corrected chi connectivity index (χ4v) is 2.98. The van der Waals surface area contributed by atoms with Crippen LogP contribution in [-0.4, -0.2) is 16.4 Å². The quantitative estimate of drug-likeness (QED) is 0.799. The monoisotopic (exact) mass is 326 g/mol. The number of aromatic nitrogens is 1. The Morgan fingerprint density at radius 1 is 1.09 bits per heavy atom. The molecule has 1 heterocycles. The highest BCUT2D eigenvalue weighted by atomic mass is 35.5. The fraction of sp³-hybridized carbons (Fsp3) is 0.111. The number of fused-ring (bicyclic) bond motifs is 1. The average Bonchev–Trinajstić information content (AvgIpc) is 2.81. The third-order valence-corrected chi connectivity index (χ3v) is 4.13. The molecule has 0 aliphatic rings. The second-order valence-electron chi connectivity index (χ2n) is 5.37. The number of rotatable bonds is 3. The molecule has 1 amide bonds. The van der Waals surface area contributed by atoms with E-state index in [9.17, 15) is 9.59 Å². The summed E-state index contributed by atoms with van der Waals surface area (Å²) < 4.78 is 1.56. The highest BCUT2D eigenvalue weighted by molar-refractivity contribution is 6.30. The van der Waals surface area contributed by atoms with Crippen molar-refractivity contribution in [3.8, 4) is 0 Å². The van der Waals surface area contributed by atoms with Gasteiger partial charge in [-0.3, -0.25) is 14.2 Å². The first-order valence-electron chi connectivity index (χ1n) is 7.16. The van der Waals surface area contributed by atoms with Gasteiger partial charge in [0.1, 0.15) is 0 Å². The summed E-state index contributed by atoms with van der Waals surface area (Å²) in [6.07, 6.45) is 0.217. The molecule has 0 saturated carbocycles. The summed E-state index contributed by atoms with van der Waals surface area (Å²) in [7, 11) is 0. The van der Waals surface area contributed by atoms with E-state index in [1.54, 1.807) is 29.7 Å². The van der Waals surface area contributed by atoms with E-state index in [1.807, 2.05) is 30.3 Å². The molecule has 23 heavy (non-hydrogen) atoms. The zero-order valence-electron chi connectivity index (χ0n) is 12.5. The molecular formula is C18H15ClN2O2. The van der Waals surface area contributed by atoms with Crippen molar-refractivity contribution >= 4 is 34.3 Å². The van der Waals surface area contributed by atoms with Crippen LogP contribution >= 0.6 is 11.6 Å². The number of carbonyl (C=O) groups is 2. The molecule has 5 heteroatoms. The van der Waals surface area contributed by atoms with Crippen molar-refractivity contribution in [2.24, 2.45) is 5.73 Å². The lowest BCUT2D eigenvalue weighted by Gasteiger charge is -2.07. The maximum atomic E-state index is 12.7. The number of hydrogen-bond donors (Lipinski definition) is 1. The Balaban J connectivity index is 2.08. The Morgan fingerprint density at radius 2 is 1.74 bits per heavy atom. The van der Waals surface area contributed by atoms with Gasteiger partial charge in [-0.25, -0.2) is 0 Å². The molecule has 0 radical (unpaired) electrons. The van der Waals surface area contributed by atoms with Crippen LogP contribution in [0.2, 0.25) is 5.02 Å². The lowest BCUT2D eigenvalue weighted by atomic mass is 10.1. The van der Waals surface area contributed by atoms with Crippen LogP contribution in [0.1, 0.15) is 26.4 Å². The first-order valence-corrected chi connectivity index (χ1v) is 7.54. The maximum absolute atomic E-state index is 12.7. The van der Waals surface area contributed by atoms with Gasteiger partial charge in [0, 0.05) is 16.1 Å². The Kier molecular flexibility index (Phi) is 3.92. The molecule has 1 aromatic heterocycles. The molecule has 0 spiro atoms. The van der Waals surface area contributed by atoms with Crippen LogP contribution in [0.3, 0.4) is 0 Å². The van der Waals surface area contributed by atoms with Crippen LogP contribution in [0.15, 0.2) is 48.5 Å². The van der Waals surface area contributed by atoms with Crippen molar-refractivity contribution in [2.45, 2.75) is 13.3 Å². The van der Waals surface area contributed by atoms with Gasteiger partial charge in [-0.1, -0.05) is 41.9 Å². The minimum Gasteiger partial charge on any atom is -0.366 e. The summed E-state index contributed by atoms with van der Waals surface area (Å²) in [5.41, 5.74) is 8.00. The molecule has 0 saturated heterocycles. The van der Waals surface area contributed by atoms with Crippen LogP contribution in [0, 0.1) is 6.92 Å². The molecule has 3 aromatic rings. The van der Waals surface area contributed by atoms with E-state index < -0.39 is 5.91 Å². The number of nitrogens with two attached hydrogens (primary N) is 1. The number of benzene rings is 2. The smallest absolute Gasteiger partial charge is 0.251 e. The molecule has 0 aliphatic carbocycles. The fourth-order valence-electron chi connectivity index (χ4n) is 2.86. The Hall–Kier alpha value is -2.59. The minimum absolute atomic E-state index is 0.117. The van der Waals surface area contributed by atoms with Crippen LogP contribution in [0.25, 0.3) is 10.9 Å². The number of amides is 1. The van der Waals surface area contributed by atoms with E-state index in [2.05, 4.69) is 0 Å². The summed E-state index contributed by atoms with van der Waals surface area (Å²) in [6, 6.07) is 14.4. The predicted molar refractivity (Wildman–Crippen MR) is 91.0 cm³/mol. The molecule has 2 N–H and O–H groups in total. The number of carbonyl (C=O) groups excluding carboxylic acids is 2. The summed E-state index contributed by atoms with van der Waals surface area (Å²) in [5, 5.41) is 1.32. The lowest BCUT2D eigenvalue weighted by molar-refractivity contribution is 0.0917. The van der Waals surface area contributed by atoms with Crippen LogP contribution in [-0.2, 0) is 6.42 Å². The van der Waals surface area contributed by atoms with E-state index >= 15 is 0 Å². The van der Waals surface area contributed by atoms with Crippen LogP contribution in [0.4, 0.5) is 0 Å². The van der Waals surface area contributed by atoms with Gasteiger partial charge in [0.25, 0.3) is 5.91 Å². The Labute approximate surface area is 138 Å². The highest BCUT2D eigenvalue weighted by Crippen LogP contribution is 2.26. The number of halogens is 1. The van der Waals surface area contributed by atoms with Gasteiger partial charge in [0.2, 0.25) is 5.91 Å². The molecule has 0 atom stereocenters. The van der Waals surface area contributed by atoms with E-state index in [0.717, 1.165) is 5.56 Å². The van der Waals surface area contributed by atoms with Crippen molar-refractivity contribution in [3.05, 3.63) is 70.4 Å². The third kappa shape index (κ3) is 2.73. The van der Waals surface area contributed by atoms with E-state index in [4.69, 9.17) is 17.3 Å². The second-order valence-corrected chi connectivity index (χ2v) is 5.81. The number of para-hydroxylation sites is 1. The van der Waals surface area contributed by atoms with E-state index in [1.165, 1.54) is 0 Å². The van der Waals surface area contributed by atoms with Crippen LogP contribution in [0.5, 0.6) is 0 Å². The van der Waals surface area contributed by atoms with Gasteiger partial charge in [-0.2, -0.15) is 0 Å². The van der Waals surface area contributed by atoms with Crippen molar-refractivity contribution in [3.63, 3.8) is 0 Å². The van der Waals surface area contributed by atoms with Gasteiger partial charge in [-0.05, 0) is 30.7 Å². The molecule has 0 fully saturated rings. The third-order valence-electron chi connectivity index (χ3n) is 3.88. The van der Waals surface area contributed by atoms with Gasteiger partial charge in [0.15, 0.2) is 0 Å². The van der Waals surface area contributed by atoms with Crippen molar-refractivity contribution in [1.29, 1.82) is 0 Å². The van der Waals surface area contributed by atoms with Crippen LogP contribution < -0.4 is 5.73 Å². The normalized spacial score (nSPS) is 10.9. The Bertz CT molecular complexity index is 911. The molecule has 3 rings (SSSR count). The SMILES string of the molecule is Cc1c(C(N)=O)c2ccccc2n1C(=O)Cc1ccc(Cl)cc1. The largest absolute Gasteiger partial charge is 0.366 e. The number of primary amides is 1. The standard InChI is InChI=1S/C18H15ClN2O2/c1-11-17(18(20)23)14-4-2-3-5-15(14)21(11)16(22)10-12-6-8-13(19)9-7-12/h2-9H,10H2,1H3,(H2,20,23). The summed E-state index contributed by atoms with van der Waals surface area (Å²) in [6.45, 7) is 1.74. The Morgan fingerprint density at radius 3 is 2.39 bits per heavy atom. The highest BCUT2D eigenvalue weighted by Gasteiger charge is 2.21. The first kappa shape index (κ1) is 15.3. The summed E-state index contributed by atoms with van der Waals surface area (Å²) in [5.74, 6) is -0.648. The molecule has 2 aromatic carbocycles.